The Morgan fingerprint density at radius 1 is 1.00 bits per heavy atom. The molecule has 1 fully saturated rings. The number of hydrogen-bond donors (Lipinski definition) is 1. The van der Waals surface area contributed by atoms with Crippen LogP contribution in [0.15, 0.2) is 36.4 Å². The van der Waals surface area contributed by atoms with E-state index >= 15 is 0 Å². The molecule has 1 N–H and O–H groups in total. The van der Waals surface area contributed by atoms with E-state index in [-0.39, 0.29) is 25.9 Å². The molecule has 2 aromatic carbocycles. The van der Waals surface area contributed by atoms with Crippen molar-refractivity contribution in [3.63, 3.8) is 0 Å². The van der Waals surface area contributed by atoms with E-state index in [0.29, 0.717) is 54.8 Å². The Bertz CT molecular complexity index is 1200. The molecule has 1 amide bonds. The Hall–Kier alpha value is -3.50. The van der Waals surface area contributed by atoms with Crippen molar-refractivity contribution in [2.24, 2.45) is 5.92 Å². The highest BCUT2D eigenvalue weighted by Crippen LogP contribution is 2.50. The van der Waals surface area contributed by atoms with Crippen LogP contribution >= 0.6 is 0 Å². The normalized spacial score (nSPS) is 19.6. The molecular weight excluding hydrogens is 540 g/mol. The molecule has 0 unspecified atom stereocenters. The minimum atomic E-state index is -0.940. The summed E-state index contributed by atoms with van der Waals surface area (Å²) in [4.78, 5) is 30.8. The van der Waals surface area contributed by atoms with Crippen molar-refractivity contribution in [1.29, 1.82) is 0 Å². The van der Waals surface area contributed by atoms with E-state index in [1.807, 2.05) is 34.1 Å². The Labute approximate surface area is 248 Å². The fourth-order valence-electron chi connectivity index (χ4n) is 5.82. The number of rotatable bonds is 16. The summed E-state index contributed by atoms with van der Waals surface area (Å²) in [5, 5.41) is 10.7. The molecule has 0 bridgehead atoms. The van der Waals surface area contributed by atoms with Gasteiger partial charge in [0, 0.05) is 44.3 Å². The molecule has 0 aliphatic carbocycles. The zero-order chi connectivity index (χ0) is 30.1. The summed E-state index contributed by atoms with van der Waals surface area (Å²) in [6.45, 7) is 6.88. The molecule has 42 heavy (non-hydrogen) atoms. The standard InChI is InChI=1S/C32H44N2O8/c1-5-7-13-33(14-8-6-2)29(35)20-34-19-25(22-9-12-26-28(17-22)42-21-41-26)30(32(36)37)31(34)24-11-10-23(39-4)18-27(24)40-16-15-38-3/h9-12,17-18,25,30-31H,5-8,13-16,19-21H2,1-4H3,(H,36,37)/t25-,30+,31-/m1/s1. The van der Waals surface area contributed by atoms with Gasteiger partial charge in [-0.15, -0.1) is 0 Å². The van der Waals surface area contributed by atoms with Gasteiger partial charge in [-0.1, -0.05) is 38.8 Å². The van der Waals surface area contributed by atoms with Crippen molar-refractivity contribution >= 4 is 11.9 Å². The maximum Gasteiger partial charge on any atom is 0.309 e. The van der Waals surface area contributed by atoms with E-state index in [0.717, 1.165) is 31.2 Å². The maximum atomic E-state index is 13.8. The van der Waals surface area contributed by atoms with E-state index in [1.165, 1.54) is 0 Å². The van der Waals surface area contributed by atoms with Crippen LogP contribution in [-0.2, 0) is 14.3 Å². The molecule has 3 atom stereocenters. The van der Waals surface area contributed by atoms with E-state index in [1.54, 1.807) is 26.4 Å². The third-order valence-electron chi connectivity index (χ3n) is 8.05. The molecule has 0 aromatic heterocycles. The summed E-state index contributed by atoms with van der Waals surface area (Å²) in [5.41, 5.74) is 1.53. The second-order valence-corrected chi connectivity index (χ2v) is 10.8. The molecule has 1 saturated heterocycles. The molecule has 2 heterocycles. The van der Waals surface area contributed by atoms with Crippen LogP contribution in [0, 0.1) is 5.92 Å². The van der Waals surface area contributed by atoms with E-state index in [9.17, 15) is 14.7 Å². The monoisotopic (exact) mass is 584 g/mol. The lowest BCUT2D eigenvalue weighted by atomic mass is 9.82. The number of carboxylic acid groups (broad SMARTS) is 1. The summed E-state index contributed by atoms with van der Waals surface area (Å²) in [6.07, 6.45) is 3.83. The predicted octanol–water partition coefficient (Wildman–Crippen LogP) is 4.72. The average Bonchev–Trinajstić information content (AvgIpc) is 3.61. The first-order chi connectivity index (χ1) is 20.4. The van der Waals surface area contributed by atoms with Crippen LogP contribution in [0.1, 0.15) is 62.6 Å². The van der Waals surface area contributed by atoms with Crippen LogP contribution in [-0.4, -0.2) is 87.2 Å². The van der Waals surface area contributed by atoms with Gasteiger partial charge < -0.3 is 33.7 Å². The smallest absolute Gasteiger partial charge is 0.309 e. The van der Waals surface area contributed by atoms with Crippen LogP contribution in [0.3, 0.4) is 0 Å². The molecule has 10 nitrogen and oxygen atoms in total. The molecule has 2 aliphatic rings. The van der Waals surface area contributed by atoms with Gasteiger partial charge in [-0.2, -0.15) is 0 Å². The second kappa shape index (κ2) is 15.1. The van der Waals surface area contributed by atoms with Gasteiger partial charge in [0.25, 0.3) is 0 Å². The van der Waals surface area contributed by atoms with Crippen molar-refractivity contribution < 1.29 is 38.4 Å². The highest BCUT2D eigenvalue weighted by atomic mass is 16.7. The van der Waals surface area contributed by atoms with E-state index < -0.39 is 23.8 Å². The summed E-state index contributed by atoms with van der Waals surface area (Å²) in [5.74, 6) is 0.161. The molecule has 230 valence electrons. The van der Waals surface area contributed by atoms with Crippen LogP contribution in [0.4, 0.5) is 0 Å². The number of unbranched alkanes of at least 4 members (excludes halogenated alkanes) is 2. The highest BCUT2D eigenvalue weighted by molar-refractivity contribution is 5.79. The van der Waals surface area contributed by atoms with Crippen LogP contribution in [0.2, 0.25) is 0 Å². The summed E-state index contributed by atoms with van der Waals surface area (Å²) < 4.78 is 27.9. The molecule has 2 aliphatic heterocycles. The number of carbonyl (C=O) groups is 2. The first-order valence-electron chi connectivity index (χ1n) is 14.9. The fraction of sp³-hybridized carbons (Fsp3) is 0.562. The summed E-state index contributed by atoms with van der Waals surface area (Å²) in [7, 11) is 3.17. The minimum absolute atomic E-state index is 0.00717. The molecule has 0 saturated carbocycles. The lowest BCUT2D eigenvalue weighted by Crippen LogP contribution is -2.42. The average molecular weight is 585 g/mol. The topological polar surface area (TPSA) is 107 Å². The van der Waals surface area contributed by atoms with Gasteiger partial charge in [0.2, 0.25) is 12.7 Å². The fourth-order valence-corrected chi connectivity index (χ4v) is 5.82. The summed E-state index contributed by atoms with van der Waals surface area (Å²) >= 11 is 0. The zero-order valence-electron chi connectivity index (χ0n) is 25.2. The first kappa shape index (κ1) is 31.4. The van der Waals surface area contributed by atoms with Crippen LogP contribution in [0.5, 0.6) is 23.0 Å². The first-order valence-corrected chi connectivity index (χ1v) is 14.9. The van der Waals surface area contributed by atoms with Gasteiger partial charge in [0.05, 0.1) is 32.2 Å². The number of benzene rings is 2. The summed E-state index contributed by atoms with van der Waals surface area (Å²) in [6, 6.07) is 10.4. The van der Waals surface area contributed by atoms with E-state index in [4.69, 9.17) is 23.7 Å². The number of ether oxygens (including phenoxy) is 5. The Balaban J connectivity index is 1.75. The lowest BCUT2D eigenvalue weighted by molar-refractivity contribution is -0.144. The van der Waals surface area contributed by atoms with Gasteiger partial charge in [-0.05, 0) is 36.6 Å². The SMILES string of the molecule is CCCCN(CCCC)C(=O)CN1C[C@H](c2ccc3c(c2)OCO3)[C@H](C(=O)O)[C@H]1c1ccc(OC)cc1OCCOC. The van der Waals surface area contributed by atoms with Crippen molar-refractivity contribution in [3.05, 3.63) is 47.5 Å². The molecule has 0 spiro atoms. The quantitative estimate of drug-likeness (QED) is 0.281. The molecule has 2 aromatic rings. The number of likely N-dealkylation sites (tertiary alicyclic amines) is 1. The van der Waals surface area contributed by atoms with Gasteiger partial charge in [-0.25, -0.2) is 0 Å². The van der Waals surface area contributed by atoms with Crippen LogP contribution in [0.25, 0.3) is 0 Å². The third kappa shape index (κ3) is 7.28. The minimum Gasteiger partial charge on any atom is -0.497 e. The predicted molar refractivity (Wildman–Crippen MR) is 158 cm³/mol. The molecule has 4 rings (SSSR count). The number of methoxy groups -OCH3 is 2. The Morgan fingerprint density at radius 2 is 1.74 bits per heavy atom. The van der Waals surface area contributed by atoms with Gasteiger partial charge in [-0.3, -0.25) is 14.5 Å². The Morgan fingerprint density at radius 3 is 2.40 bits per heavy atom. The van der Waals surface area contributed by atoms with Gasteiger partial charge in [0.1, 0.15) is 18.1 Å². The van der Waals surface area contributed by atoms with Crippen molar-refractivity contribution in [3.8, 4) is 23.0 Å². The number of fused-ring (bicyclic) bond motifs is 1. The number of carbonyl (C=O) groups excluding carboxylic acids is 1. The number of aliphatic carboxylic acids is 1. The third-order valence-corrected chi connectivity index (χ3v) is 8.05. The number of hydrogen-bond acceptors (Lipinski definition) is 8. The molecule has 10 heteroatoms. The van der Waals surface area contributed by atoms with Gasteiger partial charge in [0.15, 0.2) is 11.5 Å². The van der Waals surface area contributed by atoms with E-state index in [2.05, 4.69) is 13.8 Å². The van der Waals surface area contributed by atoms with Crippen LogP contribution < -0.4 is 18.9 Å². The van der Waals surface area contributed by atoms with Gasteiger partial charge >= 0.3 is 5.97 Å². The number of nitrogens with zero attached hydrogens (tertiary/aromatic N) is 2. The van der Waals surface area contributed by atoms with Crippen molar-refractivity contribution in [1.82, 2.24) is 9.80 Å². The molecular formula is C32H44N2O8. The van der Waals surface area contributed by atoms with Crippen molar-refractivity contribution in [2.45, 2.75) is 51.5 Å². The Kier molecular flexibility index (Phi) is 11.3. The largest absolute Gasteiger partial charge is 0.497 e. The molecule has 0 radical (unpaired) electrons. The number of carboxylic acids is 1. The zero-order valence-corrected chi connectivity index (χ0v) is 25.2. The maximum absolute atomic E-state index is 13.8. The second-order valence-electron chi connectivity index (χ2n) is 10.8. The van der Waals surface area contributed by atoms with Crippen molar-refractivity contribution in [2.75, 3.05) is 60.4 Å². The lowest BCUT2D eigenvalue weighted by Gasteiger charge is -2.31. The highest BCUT2D eigenvalue weighted by Gasteiger charge is 2.49. The number of amides is 1.